The van der Waals surface area contributed by atoms with Crippen LogP contribution in [0.2, 0.25) is 0 Å². The Bertz CT molecular complexity index is 766. The number of hydrogen-bond donors (Lipinski definition) is 1. The molecule has 0 aromatic heterocycles. The standard InChI is InChI=1S/C16H13NO5S2/c1-3-6-22-11-5-4-10(7-12(11)21-2)8-13-15(20)17(9-14(18)19)16(23)24-13/h1,4-5,7-8H,6,9H2,2H3,(H,18,19)/b13-8-. The summed E-state index contributed by atoms with van der Waals surface area (Å²) in [6, 6.07) is 5.10. The number of aliphatic carboxylic acids is 1. The van der Waals surface area contributed by atoms with E-state index < -0.39 is 18.4 Å². The van der Waals surface area contributed by atoms with Crippen LogP contribution in [-0.4, -0.2) is 46.5 Å². The molecule has 1 fully saturated rings. The maximum Gasteiger partial charge on any atom is 0.323 e. The zero-order valence-electron chi connectivity index (χ0n) is 12.6. The number of carboxylic acid groups (broad SMARTS) is 1. The van der Waals surface area contributed by atoms with E-state index in [2.05, 4.69) is 5.92 Å². The number of terminal acetylenes is 1. The fourth-order valence-corrected chi connectivity index (χ4v) is 3.19. The summed E-state index contributed by atoms with van der Waals surface area (Å²) in [5, 5.41) is 8.83. The van der Waals surface area contributed by atoms with Gasteiger partial charge in [-0.05, 0) is 23.8 Å². The number of thioether (sulfide) groups is 1. The van der Waals surface area contributed by atoms with E-state index in [1.807, 2.05) is 0 Å². The van der Waals surface area contributed by atoms with Crippen molar-refractivity contribution in [3.05, 3.63) is 28.7 Å². The Labute approximate surface area is 148 Å². The highest BCUT2D eigenvalue weighted by Crippen LogP contribution is 2.34. The minimum atomic E-state index is -1.12. The van der Waals surface area contributed by atoms with Crippen molar-refractivity contribution in [2.45, 2.75) is 0 Å². The Hall–Kier alpha value is -2.50. The van der Waals surface area contributed by atoms with E-state index in [0.717, 1.165) is 16.7 Å². The monoisotopic (exact) mass is 363 g/mol. The predicted octanol–water partition coefficient (Wildman–Crippen LogP) is 1.99. The first-order chi connectivity index (χ1) is 11.5. The quantitative estimate of drug-likeness (QED) is 0.471. The number of thiocarbonyl (C=S) groups is 1. The van der Waals surface area contributed by atoms with Gasteiger partial charge in [-0.1, -0.05) is 36.0 Å². The molecule has 0 saturated carbocycles. The third kappa shape index (κ3) is 4.07. The highest BCUT2D eigenvalue weighted by Gasteiger charge is 2.33. The summed E-state index contributed by atoms with van der Waals surface area (Å²) in [7, 11) is 1.49. The number of carbonyl (C=O) groups is 2. The van der Waals surface area contributed by atoms with Crippen LogP contribution in [0, 0.1) is 12.3 Å². The molecule has 0 bridgehead atoms. The lowest BCUT2D eigenvalue weighted by Crippen LogP contribution is -2.33. The minimum absolute atomic E-state index is 0.115. The van der Waals surface area contributed by atoms with Crippen molar-refractivity contribution in [1.82, 2.24) is 4.90 Å². The van der Waals surface area contributed by atoms with Gasteiger partial charge in [0.25, 0.3) is 5.91 Å². The predicted molar refractivity (Wildman–Crippen MR) is 94.8 cm³/mol. The maximum absolute atomic E-state index is 12.2. The normalized spacial score (nSPS) is 15.5. The molecule has 2 rings (SSSR count). The molecule has 0 aliphatic carbocycles. The first-order valence-corrected chi connectivity index (χ1v) is 7.90. The number of methoxy groups -OCH3 is 1. The third-order valence-electron chi connectivity index (χ3n) is 2.96. The molecule has 1 saturated heterocycles. The molecule has 1 aliphatic rings. The number of benzene rings is 1. The van der Waals surface area contributed by atoms with Crippen molar-refractivity contribution < 1.29 is 24.2 Å². The smallest absolute Gasteiger partial charge is 0.323 e. The van der Waals surface area contributed by atoms with Crippen LogP contribution in [-0.2, 0) is 9.59 Å². The van der Waals surface area contributed by atoms with Crippen molar-refractivity contribution >= 4 is 46.3 Å². The molecule has 24 heavy (non-hydrogen) atoms. The average Bonchev–Trinajstić information content (AvgIpc) is 2.80. The van der Waals surface area contributed by atoms with E-state index in [1.165, 1.54) is 7.11 Å². The molecule has 1 heterocycles. The van der Waals surface area contributed by atoms with Gasteiger partial charge in [-0.25, -0.2) is 0 Å². The fraction of sp³-hybridized carbons (Fsp3) is 0.188. The number of amides is 1. The van der Waals surface area contributed by atoms with Crippen molar-refractivity contribution in [3.63, 3.8) is 0 Å². The summed E-state index contributed by atoms with van der Waals surface area (Å²) in [4.78, 5) is 24.4. The highest BCUT2D eigenvalue weighted by molar-refractivity contribution is 8.26. The van der Waals surface area contributed by atoms with Crippen molar-refractivity contribution in [2.75, 3.05) is 20.3 Å². The number of hydrogen-bond acceptors (Lipinski definition) is 6. The lowest BCUT2D eigenvalue weighted by Gasteiger charge is -2.10. The Kier molecular flexibility index (Phi) is 5.84. The minimum Gasteiger partial charge on any atom is -0.493 e. The Morgan fingerprint density at radius 3 is 2.88 bits per heavy atom. The second-order valence-electron chi connectivity index (χ2n) is 4.56. The summed E-state index contributed by atoms with van der Waals surface area (Å²) < 4.78 is 10.8. The lowest BCUT2D eigenvalue weighted by molar-refractivity contribution is -0.140. The Morgan fingerprint density at radius 1 is 1.50 bits per heavy atom. The molecular formula is C16H13NO5S2. The van der Waals surface area contributed by atoms with Gasteiger partial charge in [-0.2, -0.15) is 0 Å². The van der Waals surface area contributed by atoms with Gasteiger partial charge in [0.05, 0.1) is 12.0 Å². The van der Waals surface area contributed by atoms with Crippen molar-refractivity contribution in [2.24, 2.45) is 0 Å². The summed E-state index contributed by atoms with van der Waals surface area (Å²) in [6.45, 7) is -0.340. The van der Waals surface area contributed by atoms with Crippen LogP contribution in [0.3, 0.4) is 0 Å². The van der Waals surface area contributed by atoms with Gasteiger partial charge in [0.15, 0.2) is 11.5 Å². The molecule has 6 nitrogen and oxygen atoms in total. The number of rotatable bonds is 6. The second-order valence-corrected chi connectivity index (χ2v) is 6.24. The van der Waals surface area contributed by atoms with Crippen LogP contribution >= 0.6 is 24.0 Å². The molecule has 1 aliphatic heterocycles. The number of ether oxygens (including phenoxy) is 2. The van der Waals surface area contributed by atoms with Gasteiger partial charge in [0, 0.05) is 0 Å². The summed E-state index contributed by atoms with van der Waals surface area (Å²) in [5.74, 6) is 1.78. The molecular weight excluding hydrogens is 350 g/mol. The van der Waals surface area contributed by atoms with Gasteiger partial charge in [0.1, 0.15) is 17.5 Å². The van der Waals surface area contributed by atoms with E-state index in [-0.39, 0.29) is 10.9 Å². The maximum atomic E-state index is 12.2. The fourth-order valence-electron chi connectivity index (χ4n) is 1.94. The molecule has 0 spiro atoms. The summed E-state index contributed by atoms with van der Waals surface area (Å²) in [5.41, 5.74) is 0.690. The van der Waals surface area contributed by atoms with E-state index in [1.54, 1.807) is 24.3 Å². The first kappa shape index (κ1) is 17.8. The van der Waals surface area contributed by atoms with E-state index in [0.29, 0.717) is 22.0 Å². The van der Waals surface area contributed by atoms with Crippen LogP contribution < -0.4 is 9.47 Å². The van der Waals surface area contributed by atoms with Crippen LogP contribution in [0.5, 0.6) is 11.5 Å². The average molecular weight is 363 g/mol. The largest absolute Gasteiger partial charge is 0.493 e. The molecule has 0 atom stereocenters. The van der Waals surface area contributed by atoms with Gasteiger partial charge >= 0.3 is 5.97 Å². The molecule has 1 aromatic rings. The molecule has 124 valence electrons. The number of nitrogens with zero attached hydrogens (tertiary/aromatic N) is 1. The molecule has 0 unspecified atom stereocenters. The van der Waals surface area contributed by atoms with Crippen molar-refractivity contribution in [3.8, 4) is 23.8 Å². The third-order valence-corrected chi connectivity index (χ3v) is 4.34. The zero-order chi connectivity index (χ0) is 17.7. The van der Waals surface area contributed by atoms with Crippen LogP contribution in [0.4, 0.5) is 0 Å². The van der Waals surface area contributed by atoms with E-state index >= 15 is 0 Å². The topological polar surface area (TPSA) is 76.1 Å². The van der Waals surface area contributed by atoms with Crippen molar-refractivity contribution in [1.29, 1.82) is 0 Å². The van der Waals surface area contributed by atoms with E-state index in [4.69, 9.17) is 33.2 Å². The van der Waals surface area contributed by atoms with Gasteiger partial charge in [-0.15, -0.1) is 6.42 Å². The Balaban J connectivity index is 2.25. The summed E-state index contributed by atoms with van der Waals surface area (Å²) >= 11 is 6.10. The highest BCUT2D eigenvalue weighted by atomic mass is 32.2. The zero-order valence-corrected chi connectivity index (χ0v) is 14.3. The van der Waals surface area contributed by atoms with Gasteiger partial charge in [-0.3, -0.25) is 14.5 Å². The van der Waals surface area contributed by atoms with Gasteiger partial charge in [0.2, 0.25) is 0 Å². The van der Waals surface area contributed by atoms with Crippen LogP contribution in [0.15, 0.2) is 23.1 Å². The lowest BCUT2D eigenvalue weighted by atomic mass is 10.2. The second kappa shape index (κ2) is 7.86. The number of carbonyl (C=O) groups excluding carboxylic acids is 1. The molecule has 1 N–H and O–H groups in total. The number of carboxylic acids is 1. The molecule has 1 aromatic carbocycles. The van der Waals surface area contributed by atoms with Crippen LogP contribution in [0.25, 0.3) is 6.08 Å². The molecule has 1 amide bonds. The van der Waals surface area contributed by atoms with Crippen LogP contribution in [0.1, 0.15) is 5.56 Å². The van der Waals surface area contributed by atoms with Gasteiger partial charge < -0.3 is 14.6 Å². The Morgan fingerprint density at radius 2 is 2.25 bits per heavy atom. The van der Waals surface area contributed by atoms with E-state index in [9.17, 15) is 9.59 Å². The first-order valence-electron chi connectivity index (χ1n) is 6.67. The molecule has 0 radical (unpaired) electrons. The molecule has 8 heteroatoms. The SMILES string of the molecule is C#CCOc1ccc(/C=C2\SC(=S)N(CC(=O)O)C2=O)cc1OC. The summed E-state index contributed by atoms with van der Waals surface area (Å²) in [6.07, 6.45) is 6.78.